The van der Waals surface area contributed by atoms with Crippen LogP contribution >= 0.6 is 24.0 Å². The van der Waals surface area contributed by atoms with Crippen molar-refractivity contribution in [3.63, 3.8) is 0 Å². The van der Waals surface area contributed by atoms with Crippen LogP contribution < -0.4 is 5.32 Å². The molecule has 4 rings (SSSR count). The first kappa shape index (κ1) is 23.7. The summed E-state index contributed by atoms with van der Waals surface area (Å²) in [7, 11) is 1.11. The fraction of sp³-hybridized carbons (Fsp3) is 0.278. The zero-order valence-corrected chi connectivity index (χ0v) is 17.9. The van der Waals surface area contributed by atoms with Crippen LogP contribution in [-0.4, -0.2) is 48.4 Å². The Balaban J connectivity index is 0.00000289. The topological polar surface area (TPSA) is 88.8 Å². The third kappa shape index (κ3) is 4.46. The summed E-state index contributed by atoms with van der Waals surface area (Å²) in [5.41, 5.74) is -0.139. The fourth-order valence-corrected chi connectivity index (χ4v) is 3.21. The second-order valence-electron chi connectivity index (χ2n) is 6.74. The Morgan fingerprint density at radius 2 is 1.88 bits per heavy atom. The molecule has 3 aromatic heterocycles. The zero-order chi connectivity index (χ0) is 22.3. The minimum absolute atomic E-state index is 0. The number of nitrogens with one attached hydrogen (secondary N) is 1. The summed E-state index contributed by atoms with van der Waals surface area (Å²) < 4.78 is 53.9. The number of anilines is 2. The van der Waals surface area contributed by atoms with E-state index in [-0.39, 0.29) is 46.4 Å². The Kier molecular flexibility index (Phi) is 6.56. The first-order chi connectivity index (χ1) is 14.6. The zero-order valence-electron chi connectivity index (χ0n) is 16.3. The number of rotatable bonds is 4. The van der Waals surface area contributed by atoms with E-state index in [9.17, 15) is 22.4 Å². The van der Waals surface area contributed by atoms with Crippen molar-refractivity contribution < 1.29 is 22.4 Å². The quantitative estimate of drug-likeness (QED) is 0.552. The van der Waals surface area contributed by atoms with E-state index in [1.807, 2.05) is 0 Å². The number of pyridine rings is 1. The molecule has 0 aromatic carbocycles. The smallest absolute Gasteiger partial charge is 0.337 e. The second kappa shape index (κ2) is 8.87. The number of carbonyl (C=O) groups excluding carboxylic acids is 1. The van der Waals surface area contributed by atoms with Crippen molar-refractivity contribution >= 4 is 41.6 Å². The van der Waals surface area contributed by atoms with Gasteiger partial charge in [0, 0.05) is 20.1 Å². The SMILES string of the molecule is Cl.Cn1c(-c2nc(Nc3cnc(C(=O)N4CCC4)c(Cl)c3)ncc2F)cnc1C(F)(F)F. The van der Waals surface area contributed by atoms with E-state index < -0.39 is 17.8 Å². The standard InChI is InChI=1S/C18H14ClF4N7O.ClH/c1-29-12(8-25-16(29)18(21,22)23)14-11(20)7-26-17(28-14)27-9-5-10(19)13(24-6-9)15(31)30-3-2-4-30;/h5-8H,2-4H2,1H3,(H,26,27,28);1H. The van der Waals surface area contributed by atoms with E-state index in [0.717, 1.165) is 25.9 Å². The number of halogens is 6. The van der Waals surface area contributed by atoms with Gasteiger partial charge in [-0.3, -0.25) is 4.79 Å². The van der Waals surface area contributed by atoms with E-state index >= 15 is 0 Å². The maximum absolute atomic E-state index is 14.2. The van der Waals surface area contributed by atoms with Gasteiger partial charge in [-0.25, -0.2) is 24.3 Å². The normalized spacial score (nSPS) is 13.4. The number of hydrogen-bond donors (Lipinski definition) is 1. The van der Waals surface area contributed by atoms with E-state index in [1.165, 1.54) is 12.3 Å². The molecule has 1 saturated heterocycles. The summed E-state index contributed by atoms with van der Waals surface area (Å²) in [5, 5.41) is 2.85. The second-order valence-corrected chi connectivity index (χ2v) is 7.15. The van der Waals surface area contributed by atoms with Gasteiger partial charge in [0.15, 0.2) is 5.82 Å². The molecular weight excluding hydrogens is 477 g/mol. The van der Waals surface area contributed by atoms with Crippen LogP contribution in [0.3, 0.4) is 0 Å². The molecule has 0 spiro atoms. The van der Waals surface area contributed by atoms with E-state index in [2.05, 4.69) is 25.3 Å². The highest BCUT2D eigenvalue weighted by Gasteiger charge is 2.37. The van der Waals surface area contributed by atoms with Crippen molar-refractivity contribution in [1.29, 1.82) is 0 Å². The third-order valence-electron chi connectivity index (χ3n) is 4.67. The Morgan fingerprint density at radius 3 is 2.44 bits per heavy atom. The van der Waals surface area contributed by atoms with Gasteiger partial charge < -0.3 is 14.8 Å². The number of likely N-dealkylation sites (tertiary alicyclic amines) is 1. The van der Waals surface area contributed by atoms with Gasteiger partial charge in [0.05, 0.1) is 35.0 Å². The lowest BCUT2D eigenvalue weighted by atomic mass is 10.2. The van der Waals surface area contributed by atoms with E-state index in [4.69, 9.17) is 11.6 Å². The summed E-state index contributed by atoms with van der Waals surface area (Å²) in [6.45, 7) is 1.29. The van der Waals surface area contributed by atoms with Crippen molar-refractivity contribution in [3.8, 4) is 11.4 Å². The van der Waals surface area contributed by atoms with Gasteiger partial charge in [0.1, 0.15) is 11.4 Å². The van der Waals surface area contributed by atoms with E-state index in [0.29, 0.717) is 23.3 Å². The lowest BCUT2D eigenvalue weighted by molar-refractivity contribution is -0.146. The molecule has 1 aliphatic heterocycles. The van der Waals surface area contributed by atoms with Crippen LogP contribution in [0.1, 0.15) is 22.7 Å². The summed E-state index contributed by atoms with van der Waals surface area (Å²) in [6, 6.07) is 1.43. The van der Waals surface area contributed by atoms with Crippen molar-refractivity contribution in [2.75, 3.05) is 18.4 Å². The molecule has 4 heterocycles. The molecule has 3 aromatic rings. The fourth-order valence-electron chi connectivity index (χ4n) is 2.96. The van der Waals surface area contributed by atoms with E-state index in [1.54, 1.807) is 4.90 Å². The van der Waals surface area contributed by atoms with Gasteiger partial charge in [0.25, 0.3) is 5.91 Å². The highest BCUT2D eigenvalue weighted by molar-refractivity contribution is 6.33. The van der Waals surface area contributed by atoms with Crippen LogP contribution in [0.2, 0.25) is 5.02 Å². The molecule has 0 unspecified atom stereocenters. The van der Waals surface area contributed by atoms with Crippen LogP contribution in [0, 0.1) is 5.82 Å². The predicted octanol–water partition coefficient (Wildman–Crippen LogP) is 4.09. The van der Waals surface area contributed by atoms with Gasteiger partial charge >= 0.3 is 6.18 Å². The Labute approximate surface area is 190 Å². The molecule has 1 fully saturated rings. The molecule has 1 aliphatic rings. The van der Waals surface area contributed by atoms with Crippen molar-refractivity contribution in [2.45, 2.75) is 12.6 Å². The van der Waals surface area contributed by atoms with Crippen molar-refractivity contribution in [1.82, 2.24) is 29.4 Å². The third-order valence-corrected chi connectivity index (χ3v) is 4.96. The summed E-state index contributed by atoms with van der Waals surface area (Å²) >= 11 is 6.17. The van der Waals surface area contributed by atoms with Crippen LogP contribution in [0.15, 0.2) is 24.7 Å². The average Bonchev–Trinajstić information content (AvgIpc) is 3.03. The first-order valence-electron chi connectivity index (χ1n) is 8.99. The maximum atomic E-state index is 14.2. The lowest BCUT2D eigenvalue weighted by Crippen LogP contribution is -2.42. The van der Waals surface area contributed by atoms with Gasteiger partial charge in [-0.1, -0.05) is 11.6 Å². The number of nitrogens with zero attached hydrogens (tertiary/aromatic N) is 6. The molecule has 14 heteroatoms. The molecule has 32 heavy (non-hydrogen) atoms. The molecule has 0 saturated carbocycles. The average molecular weight is 492 g/mol. The highest BCUT2D eigenvalue weighted by Crippen LogP contribution is 2.32. The van der Waals surface area contributed by atoms with Crippen LogP contribution in [0.5, 0.6) is 0 Å². The summed E-state index contributed by atoms with van der Waals surface area (Å²) in [4.78, 5) is 29.0. The molecule has 170 valence electrons. The first-order valence-corrected chi connectivity index (χ1v) is 9.36. The predicted molar refractivity (Wildman–Crippen MR) is 109 cm³/mol. The molecule has 0 bridgehead atoms. The minimum atomic E-state index is -4.70. The Morgan fingerprint density at radius 1 is 1.16 bits per heavy atom. The number of amides is 1. The van der Waals surface area contributed by atoms with Gasteiger partial charge in [-0.05, 0) is 12.5 Å². The minimum Gasteiger partial charge on any atom is -0.337 e. The number of alkyl halides is 3. The van der Waals surface area contributed by atoms with Crippen LogP contribution in [-0.2, 0) is 13.2 Å². The van der Waals surface area contributed by atoms with Gasteiger partial charge in [-0.15, -0.1) is 12.4 Å². The number of aromatic nitrogens is 5. The summed E-state index contributed by atoms with van der Waals surface area (Å²) in [5.74, 6) is -2.49. The number of carbonyl (C=O) groups is 1. The summed E-state index contributed by atoms with van der Waals surface area (Å²) in [6.07, 6.45) is -0.741. The van der Waals surface area contributed by atoms with Gasteiger partial charge in [0.2, 0.25) is 11.8 Å². The lowest BCUT2D eigenvalue weighted by Gasteiger charge is -2.30. The van der Waals surface area contributed by atoms with Crippen molar-refractivity contribution in [3.05, 3.63) is 47.0 Å². The van der Waals surface area contributed by atoms with Crippen molar-refractivity contribution in [2.24, 2.45) is 7.05 Å². The Bertz CT molecular complexity index is 1160. The molecule has 1 amide bonds. The largest absolute Gasteiger partial charge is 0.449 e. The molecule has 0 atom stereocenters. The molecule has 8 nitrogen and oxygen atoms in total. The highest BCUT2D eigenvalue weighted by atomic mass is 35.5. The molecule has 0 aliphatic carbocycles. The van der Waals surface area contributed by atoms with Crippen LogP contribution in [0.25, 0.3) is 11.4 Å². The molecule has 1 N–H and O–H groups in total. The molecular formula is C18H15Cl2F4N7O. The monoisotopic (exact) mass is 491 g/mol. The number of imidazole rings is 1. The number of hydrogen-bond acceptors (Lipinski definition) is 6. The van der Waals surface area contributed by atoms with Gasteiger partial charge in [-0.2, -0.15) is 13.2 Å². The molecule has 0 radical (unpaired) electrons. The van der Waals surface area contributed by atoms with Crippen LogP contribution in [0.4, 0.5) is 29.2 Å². The Hall–Kier alpha value is -2.99. The maximum Gasteiger partial charge on any atom is 0.449 e.